The third-order valence-electron chi connectivity index (χ3n) is 7.79. The van der Waals surface area contributed by atoms with E-state index in [1.807, 2.05) is 25.1 Å². The summed E-state index contributed by atoms with van der Waals surface area (Å²) >= 11 is 1.22. The van der Waals surface area contributed by atoms with Crippen LogP contribution in [-0.4, -0.2) is 43.5 Å². The summed E-state index contributed by atoms with van der Waals surface area (Å²) in [5.74, 6) is -0.576. The summed E-state index contributed by atoms with van der Waals surface area (Å²) in [6.45, 7) is 9.70. The van der Waals surface area contributed by atoms with E-state index < -0.39 is 25.6 Å². The van der Waals surface area contributed by atoms with Crippen molar-refractivity contribution in [2.75, 3.05) is 6.26 Å². The first kappa shape index (κ1) is 31.1. The number of thiophene rings is 1. The van der Waals surface area contributed by atoms with Crippen molar-refractivity contribution in [1.29, 1.82) is 0 Å². The maximum atomic E-state index is 14.9. The molecule has 48 heavy (non-hydrogen) atoms. The lowest BCUT2D eigenvalue weighted by Gasteiger charge is -2.15. The Hall–Kier alpha value is -5.49. The van der Waals surface area contributed by atoms with Gasteiger partial charge in [0.05, 0.1) is 32.4 Å². The van der Waals surface area contributed by atoms with Crippen molar-refractivity contribution in [2.45, 2.75) is 16.7 Å². The Bertz CT molecular complexity index is 2630. The largest absolute Gasteiger partial charge is 0.297 e. The fourth-order valence-electron chi connectivity index (χ4n) is 5.57. The average Bonchev–Trinajstić information content (AvgIpc) is 3.84. The van der Waals surface area contributed by atoms with Crippen LogP contribution in [0.4, 0.5) is 15.3 Å². The Kier molecular flexibility index (Phi) is 7.75. The minimum absolute atomic E-state index is 0.0336. The average molecular weight is 694 g/mol. The molecule has 0 bridgehead atoms. The number of benzene rings is 4. The summed E-state index contributed by atoms with van der Waals surface area (Å²) < 4.78 is 63.1. The van der Waals surface area contributed by atoms with Gasteiger partial charge < -0.3 is 0 Å². The minimum Gasteiger partial charge on any atom is -0.245 e. The molecule has 7 aromatic rings. The molecular weight excluding hydrogens is 670 g/mol. The second-order valence-electron chi connectivity index (χ2n) is 10.9. The first-order chi connectivity index (χ1) is 23.1. The number of H-pyrrole nitrogens is 1. The molecule has 3 aromatic heterocycles. The van der Waals surface area contributed by atoms with Gasteiger partial charge in [0, 0.05) is 33.2 Å². The quantitative estimate of drug-likeness (QED) is 0.168. The molecule has 1 atom stereocenters. The van der Waals surface area contributed by atoms with Gasteiger partial charge in [0.25, 0.3) is 16.0 Å². The van der Waals surface area contributed by atoms with E-state index >= 15 is 0 Å². The number of halogens is 1. The molecule has 7 rings (SSSR count). The van der Waals surface area contributed by atoms with Crippen LogP contribution >= 0.6 is 11.3 Å². The molecule has 0 spiro atoms. The van der Waals surface area contributed by atoms with E-state index in [0.29, 0.717) is 43.1 Å². The molecule has 0 radical (unpaired) electrons. The van der Waals surface area contributed by atoms with Crippen LogP contribution in [0.25, 0.3) is 49.3 Å². The lowest BCUT2D eigenvalue weighted by atomic mass is 9.97. The van der Waals surface area contributed by atoms with Gasteiger partial charge in [0.2, 0.25) is 5.00 Å². The van der Waals surface area contributed by atoms with Crippen LogP contribution in [0, 0.1) is 19.3 Å². The van der Waals surface area contributed by atoms with Gasteiger partial charge in [-0.1, -0.05) is 59.2 Å². The predicted molar refractivity (Wildman–Crippen MR) is 185 cm³/mol. The molecule has 238 valence electrons. The highest BCUT2D eigenvalue weighted by Gasteiger charge is 2.30. The van der Waals surface area contributed by atoms with Crippen molar-refractivity contribution >= 4 is 52.9 Å². The molecule has 0 saturated heterocycles. The summed E-state index contributed by atoms with van der Waals surface area (Å²) in [5, 5.41) is 15.8. The van der Waals surface area contributed by atoms with Crippen LogP contribution in [0.3, 0.4) is 0 Å². The summed E-state index contributed by atoms with van der Waals surface area (Å²) in [6.07, 6.45) is 1.48. The third kappa shape index (κ3) is 5.47. The van der Waals surface area contributed by atoms with Crippen LogP contribution < -0.4 is 0 Å². The number of aromatic amines is 1. The van der Waals surface area contributed by atoms with E-state index in [0.717, 1.165) is 5.56 Å². The number of hydrogen-bond donors (Lipinski definition) is 1. The maximum Gasteiger partial charge on any atom is 0.297 e. The standard InChI is InChI=1S/C34H24FN7O3S3/c1-21-10-13-26(14-11-21)48(44,45)42-30-15-12-25(35)20-29(30)31(28-16-17-46-33(28)36-2)32(42)24-8-4-6-22(18-24)23-7-5-9-27(19-23)47(3,43)39-34-37-40-41-38-34/h4-20H,1,3H3,(H,37,38,40,41). The van der Waals surface area contributed by atoms with Crippen molar-refractivity contribution < 1.29 is 17.0 Å². The van der Waals surface area contributed by atoms with Gasteiger partial charge in [-0.3, -0.25) is 0 Å². The number of rotatable bonds is 7. The number of tetrazole rings is 1. The molecule has 1 N–H and O–H groups in total. The third-order valence-corrected chi connectivity index (χ3v) is 12.0. The minimum atomic E-state index is -4.24. The molecule has 1 unspecified atom stereocenters. The van der Waals surface area contributed by atoms with Crippen molar-refractivity contribution in [3.05, 3.63) is 125 Å². The number of aryl methyl sites for hydroxylation is 1. The molecule has 0 aliphatic carbocycles. The van der Waals surface area contributed by atoms with Crippen molar-refractivity contribution in [3.8, 4) is 33.5 Å². The Balaban J connectivity index is 1.50. The zero-order valence-electron chi connectivity index (χ0n) is 25.3. The summed E-state index contributed by atoms with van der Waals surface area (Å²) in [7, 11) is -7.20. The Labute approximate surface area is 279 Å². The number of hydrogen-bond acceptors (Lipinski definition) is 8. The summed E-state index contributed by atoms with van der Waals surface area (Å²) in [5.41, 5.74) is 4.27. The van der Waals surface area contributed by atoms with Crippen molar-refractivity contribution in [3.63, 3.8) is 0 Å². The molecule has 4 aromatic carbocycles. The number of aromatic nitrogens is 5. The zero-order chi connectivity index (χ0) is 33.6. The van der Waals surface area contributed by atoms with Crippen LogP contribution in [0.1, 0.15) is 5.56 Å². The van der Waals surface area contributed by atoms with Gasteiger partial charge in [0.15, 0.2) is 0 Å². The number of nitrogens with zero attached hydrogens (tertiary/aromatic N) is 6. The van der Waals surface area contributed by atoms with Crippen LogP contribution in [0.5, 0.6) is 0 Å². The smallest absolute Gasteiger partial charge is 0.245 e. The number of nitrogens with one attached hydrogen (secondary N) is 1. The monoisotopic (exact) mass is 693 g/mol. The predicted octanol–water partition coefficient (Wildman–Crippen LogP) is 8.24. The highest BCUT2D eigenvalue weighted by Crippen LogP contribution is 2.48. The van der Waals surface area contributed by atoms with Gasteiger partial charge in [-0.2, -0.15) is 20.9 Å². The molecule has 0 fully saturated rings. The van der Waals surface area contributed by atoms with Gasteiger partial charge >= 0.3 is 0 Å². The van der Waals surface area contributed by atoms with Crippen molar-refractivity contribution in [2.24, 2.45) is 4.36 Å². The lowest BCUT2D eigenvalue weighted by Crippen LogP contribution is -2.14. The topological polar surface area (TPSA) is 127 Å². The fraction of sp³-hybridized carbons (Fsp3) is 0.0588. The molecule has 0 aliphatic rings. The second kappa shape index (κ2) is 11.9. The highest BCUT2D eigenvalue weighted by atomic mass is 32.2. The van der Waals surface area contributed by atoms with Gasteiger partial charge in [-0.15, -0.1) is 5.10 Å². The van der Waals surface area contributed by atoms with E-state index in [9.17, 15) is 17.0 Å². The Morgan fingerprint density at radius 3 is 2.35 bits per heavy atom. The van der Waals surface area contributed by atoms with Crippen LogP contribution in [0.2, 0.25) is 0 Å². The molecular formula is C34H24FN7O3S3. The SMILES string of the molecule is [C-]#[N+]c1sccc1-c1c(-c2cccc(-c3cccc(S(C)(=O)=Nc4nn[nH]n4)c3)c2)n(S(=O)(=O)c2ccc(C)cc2)c2ccc(F)cc12. The highest BCUT2D eigenvalue weighted by molar-refractivity contribution is 7.93. The van der Waals surface area contributed by atoms with Crippen LogP contribution in [0.15, 0.2) is 117 Å². The van der Waals surface area contributed by atoms with E-state index in [1.165, 1.54) is 39.8 Å². The number of fused-ring (bicyclic) bond motifs is 1. The molecule has 3 heterocycles. The molecule has 10 nitrogen and oxygen atoms in total. The van der Waals surface area contributed by atoms with Crippen molar-refractivity contribution in [1.82, 2.24) is 24.6 Å². The molecule has 0 saturated carbocycles. The van der Waals surface area contributed by atoms with Gasteiger partial charge in [-0.25, -0.2) is 25.8 Å². The van der Waals surface area contributed by atoms with E-state index in [4.69, 9.17) is 6.57 Å². The summed E-state index contributed by atoms with van der Waals surface area (Å²) in [6, 6.07) is 26.6. The molecule has 0 aliphatic heterocycles. The molecule has 14 heteroatoms. The van der Waals surface area contributed by atoms with E-state index in [1.54, 1.807) is 66.0 Å². The zero-order valence-corrected chi connectivity index (χ0v) is 27.8. The lowest BCUT2D eigenvalue weighted by molar-refractivity contribution is 0.589. The maximum absolute atomic E-state index is 14.9. The summed E-state index contributed by atoms with van der Waals surface area (Å²) in [4.78, 5) is 4.19. The normalized spacial score (nSPS) is 12.9. The van der Waals surface area contributed by atoms with E-state index in [-0.39, 0.29) is 22.1 Å². The first-order valence-corrected chi connectivity index (χ1v) is 18.6. The van der Waals surface area contributed by atoms with E-state index in [2.05, 4.69) is 29.8 Å². The Morgan fingerprint density at radius 1 is 0.896 bits per heavy atom. The fourth-order valence-corrected chi connectivity index (χ4v) is 8.97. The van der Waals surface area contributed by atoms with Gasteiger partial charge in [0.1, 0.15) is 5.82 Å². The second-order valence-corrected chi connectivity index (χ2v) is 15.9. The Morgan fingerprint density at radius 2 is 1.62 bits per heavy atom. The van der Waals surface area contributed by atoms with Gasteiger partial charge in [-0.05, 0) is 77.2 Å². The van der Waals surface area contributed by atoms with Crippen LogP contribution in [-0.2, 0) is 19.8 Å². The molecule has 0 amide bonds. The first-order valence-electron chi connectivity index (χ1n) is 14.3.